The minimum atomic E-state index is -0.434. The molecule has 124 valence electrons. The molecule has 0 saturated carbocycles. The Bertz CT molecular complexity index is 1140. The van der Waals surface area contributed by atoms with Crippen molar-refractivity contribution in [1.29, 1.82) is 0 Å². The number of nitro benzene ring substituents is 1. The van der Waals surface area contributed by atoms with Crippen LogP contribution in [0.2, 0.25) is 0 Å². The first-order chi connectivity index (χ1) is 12.1. The minimum absolute atomic E-state index is 0.0396. The first-order valence-electron chi connectivity index (χ1n) is 7.40. The van der Waals surface area contributed by atoms with E-state index in [0.29, 0.717) is 39.8 Å². The van der Waals surface area contributed by atoms with Crippen LogP contribution in [-0.4, -0.2) is 36.6 Å². The molecule has 0 atom stereocenters. The number of rotatable bonds is 3. The van der Waals surface area contributed by atoms with E-state index < -0.39 is 4.92 Å². The molecule has 4 aromatic rings. The molecule has 9 heteroatoms. The lowest BCUT2D eigenvalue weighted by Crippen LogP contribution is -2.01. The Kier molecular flexibility index (Phi) is 3.27. The maximum atomic E-state index is 11.4. The molecule has 0 N–H and O–H groups in total. The molecule has 0 bridgehead atoms. The van der Waals surface area contributed by atoms with Crippen molar-refractivity contribution in [1.82, 2.24) is 24.6 Å². The Labute approximate surface area is 141 Å². The molecule has 9 nitrogen and oxygen atoms in total. The maximum Gasteiger partial charge on any atom is 0.280 e. The highest BCUT2D eigenvalue weighted by Crippen LogP contribution is 2.31. The summed E-state index contributed by atoms with van der Waals surface area (Å²) in [5.41, 5.74) is 2.44. The number of aryl methyl sites for hydroxylation is 1. The van der Waals surface area contributed by atoms with Gasteiger partial charge in [-0.25, -0.2) is 4.98 Å². The molecule has 0 aliphatic carbocycles. The molecule has 0 aliphatic heterocycles. The SMILES string of the molecule is COc1ccc2nnc3c(C)nc(-c4ccccc4[N+](=O)[O-])n3c2n1. The van der Waals surface area contributed by atoms with Gasteiger partial charge >= 0.3 is 0 Å². The van der Waals surface area contributed by atoms with Gasteiger partial charge in [0, 0.05) is 12.1 Å². The summed E-state index contributed by atoms with van der Waals surface area (Å²) in [7, 11) is 1.52. The Morgan fingerprint density at radius 3 is 2.64 bits per heavy atom. The van der Waals surface area contributed by atoms with Crippen LogP contribution in [0.4, 0.5) is 5.69 Å². The van der Waals surface area contributed by atoms with Gasteiger partial charge in [0.2, 0.25) is 5.88 Å². The van der Waals surface area contributed by atoms with Gasteiger partial charge in [-0.1, -0.05) is 12.1 Å². The normalized spacial score (nSPS) is 11.1. The van der Waals surface area contributed by atoms with E-state index in [0.717, 1.165) is 0 Å². The smallest absolute Gasteiger partial charge is 0.280 e. The molecule has 0 aliphatic rings. The Morgan fingerprint density at radius 1 is 1.08 bits per heavy atom. The highest BCUT2D eigenvalue weighted by atomic mass is 16.6. The zero-order valence-corrected chi connectivity index (χ0v) is 13.4. The number of benzene rings is 1. The fourth-order valence-electron chi connectivity index (χ4n) is 2.72. The summed E-state index contributed by atoms with van der Waals surface area (Å²) in [6.45, 7) is 1.77. The lowest BCUT2D eigenvalue weighted by atomic mass is 10.1. The average Bonchev–Trinajstić information content (AvgIpc) is 2.98. The fraction of sp³-hybridized carbons (Fsp3) is 0.125. The van der Waals surface area contributed by atoms with Gasteiger partial charge in [-0.05, 0) is 19.1 Å². The number of pyridine rings is 1. The van der Waals surface area contributed by atoms with E-state index in [9.17, 15) is 10.1 Å². The molecule has 1 aromatic carbocycles. The lowest BCUT2D eigenvalue weighted by molar-refractivity contribution is -0.384. The van der Waals surface area contributed by atoms with E-state index in [1.807, 2.05) is 0 Å². The molecule has 0 radical (unpaired) electrons. The van der Waals surface area contributed by atoms with Crippen LogP contribution >= 0.6 is 0 Å². The standard InChI is InChI=1S/C16H12N6O3/c1-9-14-20-19-11-7-8-13(25-2)18-16(11)21(14)15(17-9)10-5-3-4-6-12(10)22(23)24/h3-8H,1-2H3. The predicted octanol–water partition coefficient (Wildman–Crippen LogP) is 2.56. The Hall–Kier alpha value is -3.62. The number of nitrogens with zero attached hydrogens (tertiary/aromatic N) is 6. The van der Waals surface area contributed by atoms with Crippen molar-refractivity contribution in [3.05, 3.63) is 52.2 Å². The first-order valence-corrected chi connectivity index (χ1v) is 7.40. The van der Waals surface area contributed by atoms with Crippen LogP contribution in [0.5, 0.6) is 5.88 Å². The van der Waals surface area contributed by atoms with Crippen LogP contribution in [0.25, 0.3) is 28.2 Å². The van der Waals surface area contributed by atoms with Crippen molar-refractivity contribution < 1.29 is 9.66 Å². The summed E-state index contributed by atoms with van der Waals surface area (Å²) >= 11 is 0. The summed E-state index contributed by atoms with van der Waals surface area (Å²) in [6, 6.07) is 9.84. The van der Waals surface area contributed by atoms with Crippen LogP contribution in [0.3, 0.4) is 0 Å². The van der Waals surface area contributed by atoms with Gasteiger partial charge < -0.3 is 4.74 Å². The van der Waals surface area contributed by atoms with E-state index in [1.165, 1.54) is 13.2 Å². The monoisotopic (exact) mass is 336 g/mol. The highest BCUT2D eigenvalue weighted by molar-refractivity contribution is 5.79. The van der Waals surface area contributed by atoms with E-state index in [4.69, 9.17) is 4.74 Å². The van der Waals surface area contributed by atoms with Crippen LogP contribution in [-0.2, 0) is 0 Å². The minimum Gasteiger partial charge on any atom is -0.481 e. The second-order valence-corrected chi connectivity index (χ2v) is 5.35. The number of nitro groups is 1. The average molecular weight is 336 g/mol. The van der Waals surface area contributed by atoms with Gasteiger partial charge in [-0.3, -0.25) is 14.5 Å². The van der Waals surface area contributed by atoms with Crippen molar-refractivity contribution in [2.75, 3.05) is 7.11 Å². The number of methoxy groups -OCH3 is 1. The van der Waals surface area contributed by atoms with E-state index in [2.05, 4.69) is 20.2 Å². The molecule has 0 amide bonds. The summed E-state index contributed by atoms with van der Waals surface area (Å²) in [6.07, 6.45) is 0. The number of fused-ring (bicyclic) bond motifs is 3. The van der Waals surface area contributed by atoms with Crippen LogP contribution in [0, 0.1) is 17.0 Å². The third-order valence-electron chi connectivity index (χ3n) is 3.86. The van der Waals surface area contributed by atoms with E-state index >= 15 is 0 Å². The molecule has 4 rings (SSSR count). The van der Waals surface area contributed by atoms with Crippen LogP contribution < -0.4 is 4.74 Å². The molecule has 0 unspecified atom stereocenters. The summed E-state index contributed by atoms with van der Waals surface area (Å²) in [4.78, 5) is 19.9. The molecular formula is C16H12N6O3. The quantitative estimate of drug-likeness (QED) is 0.418. The lowest BCUT2D eigenvalue weighted by Gasteiger charge is -2.06. The van der Waals surface area contributed by atoms with Crippen molar-refractivity contribution >= 4 is 22.5 Å². The number of hydrogen-bond donors (Lipinski definition) is 0. The summed E-state index contributed by atoms with van der Waals surface area (Å²) < 4.78 is 6.85. The largest absolute Gasteiger partial charge is 0.481 e. The van der Waals surface area contributed by atoms with Crippen LogP contribution in [0.1, 0.15) is 5.69 Å². The third kappa shape index (κ3) is 2.24. The topological polar surface area (TPSA) is 108 Å². The summed E-state index contributed by atoms with van der Waals surface area (Å²) in [5, 5.41) is 19.7. The number of imidazole rings is 1. The van der Waals surface area contributed by atoms with Crippen molar-refractivity contribution in [3.63, 3.8) is 0 Å². The van der Waals surface area contributed by atoms with Crippen LogP contribution in [0.15, 0.2) is 36.4 Å². The Morgan fingerprint density at radius 2 is 1.88 bits per heavy atom. The number of ether oxygens (including phenoxy) is 1. The second-order valence-electron chi connectivity index (χ2n) is 5.35. The third-order valence-corrected chi connectivity index (χ3v) is 3.86. The zero-order chi connectivity index (χ0) is 17.6. The molecule has 25 heavy (non-hydrogen) atoms. The van der Waals surface area contributed by atoms with Gasteiger partial charge in [0.05, 0.1) is 23.3 Å². The second kappa shape index (κ2) is 5.48. The molecular weight excluding hydrogens is 324 g/mol. The van der Waals surface area contributed by atoms with Gasteiger partial charge in [-0.2, -0.15) is 4.98 Å². The number of para-hydroxylation sites is 1. The van der Waals surface area contributed by atoms with Gasteiger partial charge in [0.25, 0.3) is 5.69 Å². The van der Waals surface area contributed by atoms with E-state index in [1.54, 1.807) is 41.7 Å². The number of aromatic nitrogens is 5. The number of hydrogen-bond acceptors (Lipinski definition) is 7. The predicted molar refractivity (Wildman–Crippen MR) is 89.5 cm³/mol. The van der Waals surface area contributed by atoms with Crippen molar-refractivity contribution in [2.24, 2.45) is 0 Å². The molecule has 3 aromatic heterocycles. The van der Waals surface area contributed by atoms with E-state index in [-0.39, 0.29) is 5.69 Å². The molecule has 0 saturated heterocycles. The first kappa shape index (κ1) is 14.9. The zero-order valence-electron chi connectivity index (χ0n) is 13.4. The summed E-state index contributed by atoms with van der Waals surface area (Å²) in [5.74, 6) is 0.794. The van der Waals surface area contributed by atoms with Crippen molar-refractivity contribution in [2.45, 2.75) is 6.92 Å². The Balaban J connectivity index is 2.15. The van der Waals surface area contributed by atoms with Gasteiger partial charge in [0.1, 0.15) is 5.52 Å². The van der Waals surface area contributed by atoms with Gasteiger partial charge in [0.15, 0.2) is 17.1 Å². The molecule has 0 fully saturated rings. The fourth-order valence-corrected chi connectivity index (χ4v) is 2.72. The van der Waals surface area contributed by atoms with Crippen molar-refractivity contribution in [3.8, 4) is 17.3 Å². The maximum absolute atomic E-state index is 11.4. The molecule has 3 heterocycles. The molecule has 0 spiro atoms. The van der Waals surface area contributed by atoms with Gasteiger partial charge in [-0.15, -0.1) is 10.2 Å². The highest BCUT2D eigenvalue weighted by Gasteiger charge is 2.22.